The predicted octanol–water partition coefficient (Wildman–Crippen LogP) is 3.60. The second-order valence-electron chi connectivity index (χ2n) is 3.53. The molecule has 0 spiro atoms. The molecule has 3 heteroatoms. The second kappa shape index (κ2) is 4.64. The van der Waals surface area contributed by atoms with E-state index in [1.165, 1.54) is 12.1 Å². The maximum absolute atomic E-state index is 13.1. The van der Waals surface area contributed by atoms with Gasteiger partial charge in [-0.25, -0.2) is 4.39 Å². The lowest BCUT2D eigenvalue weighted by Gasteiger charge is -2.05. The smallest absolute Gasteiger partial charge is 0.123 e. The highest BCUT2D eigenvalue weighted by Gasteiger charge is 2.04. The van der Waals surface area contributed by atoms with Crippen LogP contribution >= 0.6 is 11.6 Å². The first-order valence-electron chi connectivity index (χ1n) is 4.95. The molecule has 0 fully saturated rings. The number of nitrogens with two attached hydrogens (primary N) is 1. The van der Waals surface area contributed by atoms with Gasteiger partial charge in [0.05, 0.1) is 0 Å². The summed E-state index contributed by atoms with van der Waals surface area (Å²) in [4.78, 5) is 0. The van der Waals surface area contributed by atoms with Crippen LogP contribution in [0.25, 0.3) is 11.1 Å². The van der Waals surface area contributed by atoms with Gasteiger partial charge in [0.1, 0.15) is 5.82 Å². The lowest BCUT2D eigenvalue weighted by atomic mass is 10.0. The van der Waals surface area contributed by atoms with Crippen LogP contribution in [0, 0.1) is 5.82 Å². The minimum Gasteiger partial charge on any atom is -0.326 e. The quantitative estimate of drug-likeness (QED) is 0.846. The van der Waals surface area contributed by atoms with E-state index in [4.69, 9.17) is 17.3 Å². The highest BCUT2D eigenvalue weighted by molar-refractivity contribution is 6.33. The van der Waals surface area contributed by atoms with Gasteiger partial charge in [0.2, 0.25) is 0 Å². The van der Waals surface area contributed by atoms with Crippen molar-refractivity contribution in [2.45, 2.75) is 6.54 Å². The summed E-state index contributed by atoms with van der Waals surface area (Å²) >= 11 is 6.01. The van der Waals surface area contributed by atoms with Crippen molar-refractivity contribution < 1.29 is 4.39 Å². The van der Waals surface area contributed by atoms with E-state index < -0.39 is 0 Å². The number of benzene rings is 2. The Bertz CT molecular complexity index is 494. The van der Waals surface area contributed by atoms with Crippen molar-refractivity contribution in [2.75, 3.05) is 0 Å². The van der Waals surface area contributed by atoms with Crippen molar-refractivity contribution in [3.8, 4) is 11.1 Å². The highest BCUT2D eigenvalue weighted by atomic mass is 35.5. The van der Waals surface area contributed by atoms with Crippen molar-refractivity contribution in [3.63, 3.8) is 0 Å². The molecular weight excluding hydrogens is 225 g/mol. The van der Waals surface area contributed by atoms with Crippen molar-refractivity contribution in [1.82, 2.24) is 0 Å². The van der Waals surface area contributed by atoms with Crippen molar-refractivity contribution >= 4 is 11.6 Å². The average Bonchev–Trinajstić information content (AvgIpc) is 2.32. The fraction of sp³-hybridized carbons (Fsp3) is 0.0769. The first-order valence-corrected chi connectivity index (χ1v) is 5.33. The van der Waals surface area contributed by atoms with Gasteiger partial charge in [-0.15, -0.1) is 0 Å². The number of hydrogen-bond acceptors (Lipinski definition) is 1. The van der Waals surface area contributed by atoms with Gasteiger partial charge >= 0.3 is 0 Å². The molecule has 2 aromatic rings. The minimum absolute atomic E-state index is 0.290. The van der Waals surface area contributed by atoms with Gasteiger partial charge < -0.3 is 5.73 Å². The van der Waals surface area contributed by atoms with E-state index in [0.717, 1.165) is 11.1 Å². The molecule has 2 aromatic carbocycles. The normalized spacial score (nSPS) is 10.4. The van der Waals surface area contributed by atoms with Crippen LogP contribution in [0.3, 0.4) is 0 Å². The molecule has 0 radical (unpaired) electrons. The van der Waals surface area contributed by atoms with Crippen LogP contribution in [0.4, 0.5) is 4.39 Å². The van der Waals surface area contributed by atoms with Gasteiger partial charge in [0.25, 0.3) is 0 Å². The first kappa shape index (κ1) is 11.1. The second-order valence-corrected chi connectivity index (χ2v) is 3.93. The SMILES string of the molecule is NCc1ccc(-c2cc(F)ccc2Cl)cc1. The van der Waals surface area contributed by atoms with E-state index >= 15 is 0 Å². The van der Waals surface area contributed by atoms with Crippen LogP contribution in [0.2, 0.25) is 5.02 Å². The predicted molar refractivity (Wildman–Crippen MR) is 64.7 cm³/mol. The molecule has 0 saturated heterocycles. The number of hydrogen-bond donors (Lipinski definition) is 1. The Morgan fingerprint density at radius 2 is 1.75 bits per heavy atom. The summed E-state index contributed by atoms with van der Waals surface area (Å²) in [5.41, 5.74) is 8.13. The van der Waals surface area contributed by atoms with Crippen LogP contribution in [0.5, 0.6) is 0 Å². The van der Waals surface area contributed by atoms with Crippen molar-refractivity contribution in [3.05, 3.63) is 58.9 Å². The maximum Gasteiger partial charge on any atom is 0.123 e. The molecule has 82 valence electrons. The summed E-state index contributed by atoms with van der Waals surface area (Å²) in [6.07, 6.45) is 0. The monoisotopic (exact) mass is 235 g/mol. The van der Waals surface area contributed by atoms with Gasteiger partial charge in [-0.1, -0.05) is 35.9 Å². The van der Waals surface area contributed by atoms with Gasteiger partial charge in [0.15, 0.2) is 0 Å². The molecule has 0 aliphatic carbocycles. The third kappa shape index (κ3) is 2.23. The fourth-order valence-electron chi connectivity index (χ4n) is 1.54. The summed E-state index contributed by atoms with van der Waals surface area (Å²) in [6, 6.07) is 11.9. The van der Waals surface area contributed by atoms with Gasteiger partial charge in [-0.2, -0.15) is 0 Å². The third-order valence-electron chi connectivity index (χ3n) is 2.43. The zero-order valence-corrected chi connectivity index (χ0v) is 9.34. The van der Waals surface area contributed by atoms with E-state index in [1.807, 2.05) is 24.3 Å². The summed E-state index contributed by atoms with van der Waals surface area (Å²) in [7, 11) is 0. The minimum atomic E-state index is -0.290. The number of rotatable bonds is 2. The molecule has 16 heavy (non-hydrogen) atoms. The van der Waals surface area contributed by atoms with Crippen LogP contribution in [-0.2, 0) is 6.54 Å². The summed E-state index contributed by atoms with van der Waals surface area (Å²) in [5.74, 6) is -0.290. The molecule has 0 aromatic heterocycles. The summed E-state index contributed by atoms with van der Waals surface area (Å²) in [6.45, 7) is 0.497. The topological polar surface area (TPSA) is 26.0 Å². The molecule has 0 heterocycles. The lowest BCUT2D eigenvalue weighted by Crippen LogP contribution is -1.95. The zero-order chi connectivity index (χ0) is 11.5. The van der Waals surface area contributed by atoms with Crippen molar-refractivity contribution in [1.29, 1.82) is 0 Å². The maximum atomic E-state index is 13.1. The molecule has 0 saturated carbocycles. The zero-order valence-electron chi connectivity index (χ0n) is 8.58. The number of halogens is 2. The highest BCUT2D eigenvalue weighted by Crippen LogP contribution is 2.28. The largest absolute Gasteiger partial charge is 0.326 e. The van der Waals surface area contributed by atoms with Gasteiger partial charge in [-0.05, 0) is 29.3 Å². The molecule has 1 nitrogen and oxygen atoms in total. The molecule has 2 N–H and O–H groups in total. The van der Waals surface area contributed by atoms with Crippen LogP contribution < -0.4 is 5.73 Å². The molecule has 2 rings (SSSR count). The Kier molecular flexibility index (Phi) is 3.22. The van der Waals surface area contributed by atoms with Gasteiger partial charge in [-0.3, -0.25) is 0 Å². The molecule has 0 atom stereocenters. The Hall–Kier alpha value is -1.38. The van der Waals surface area contributed by atoms with E-state index in [0.29, 0.717) is 17.1 Å². The molecule has 0 aliphatic heterocycles. The average molecular weight is 236 g/mol. The Labute approximate surface area is 98.7 Å². The van der Waals surface area contributed by atoms with Gasteiger partial charge in [0, 0.05) is 17.1 Å². The van der Waals surface area contributed by atoms with Crippen LogP contribution in [-0.4, -0.2) is 0 Å². The molecular formula is C13H11ClFN. The molecule has 0 amide bonds. The van der Waals surface area contributed by atoms with Crippen LogP contribution in [0.15, 0.2) is 42.5 Å². The molecule has 0 unspecified atom stereocenters. The Morgan fingerprint density at radius 3 is 2.38 bits per heavy atom. The standard InChI is InChI=1S/C13H11ClFN/c14-13-6-5-11(15)7-12(13)10-3-1-9(8-16)2-4-10/h1-7H,8,16H2. The first-order chi connectivity index (χ1) is 7.70. The Morgan fingerprint density at radius 1 is 1.06 bits per heavy atom. The molecule has 0 bridgehead atoms. The summed E-state index contributed by atoms with van der Waals surface area (Å²) < 4.78 is 13.1. The fourth-order valence-corrected chi connectivity index (χ4v) is 1.77. The lowest BCUT2D eigenvalue weighted by molar-refractivity contribution is 0.628. The van der Waals surface area contributed by atoms with E-state index in [9.17, 15) is 4.39 Å². The Balaban J connectivity index is 2.45. The molecule has 0 aliphatic rings. The van der Waals surface area contributed by atoms with E-state index in [1.54, 1.807) is 6.07 Å². The summed E-state index contributed by atoms with van der Waals surface area (Å²) in [5, 5.41) is 0.543. The van der Waals surface area contributed by atoms with E-state index in [-0.39, 0.29) is 5.82 Å². The van der Waals surface area contributed by atoms with E-state index in [2.05, 4.69) is 0 Å². The van der Waals surface area contributed by atoms with Crippen LogP contribution in [0.1, 0.15) is 5.56 Å². The third-order valence-corrected chi connectivity index (χ3v) is 2.76. The van der Waals surface area contributed by atoms with Crippen molar-refractivity contribution in [2.24, 2.45) is 5.73 Å².